The number of nitrogen functional groups attached to an aromatic ring is 1. The van der Waals surface area contributed by atoms with E-state index in [-0.39, 0.29) is 22.2 Å². The van der Waals surface area contributed by atoms with Crippen LogP contribution >= 0.6 is 23.2 Å². The summed E-state index contributed by atoms with van der Waals surface area (Å²) in [5.74, 6) is 0.0874. The van der Waals surface area contributed by atoms with Gasteiger partial charge in [0.05, 0.1) is 33.9 Å². The number of anilines is 3. The molecule has 3 aromatic heterocycles. The second kappa shape index (κ2) is 7.19. The number of hydrogen-bond donors (Lipinski definition) is 3. The number of pyridine rings is 1. The van der Waals surface area contributed by atoms with Crippen LogP contribution in [-0.4, -0.2) is 29.8 Å². The lowest BCUT2D eigenvalue weighted by atomic mass is 10.2. The maximum Gasteiger partial charge on any atom is 0.169 e. The lowest BCUT2D eigenvalue weighted by Gasteiger charge is -2.07. The molecule has 0 aliphatic rings. The average molecular weight is 420 g/mol. The van der Waals surface area contributed by atoms with Crippen LogP contribution in [0.5, 0.6) is 0 Å². The van der Waals surface area contributed by atoms with E-state index in [1.807, 2.05) is 0 Å². The Morgan fingerprint density at radius 3 is 2.61 bits per heavy atom. The van der Waals surface area contributed by atoms with Gasteiger partial charge in [-0.15, -0.1) is 0 Å². The highest BCUT2D eigenvalue weighted by Gasteiger charge is 2.17. The zero-order valence-corrected chi connectivity index (χ0v) is 15.6. The van der Waals surface area contributed by atoms with Gasteiger partial charge in [0.25, 0.3) is 0 Å². The van der Waals surface area contributed by atoms with E-state index in [9.17, 15) is 9.50 Å². The fourth-order valence-electron chi connectivity index (χ4n) is 2.67. The van der Waals surface area contributed by atoms with Crippen molar-refractivity contribution in [2.75, 3.05) is 11.1 Å². The van der Waals surface area contributed by atoms with Gasteiger partial charge in [0.2, 0.25) is 0 Å². The van der Waals surface area contributed by atoms with Crippen molar-refractivity contribution < 1.29 is 9.50 Å². The third-order valence-corrected chi connectivity index (χ3v) is 4.48. The zero-order chi connectivity index (χ0) is 19.8. The van der Waals surface area contributed by atoms with Gasteiger partial charge >= 0.3 is 0 Å². The molecule has 0 bridgehead atoms. The number of rotatable bonds is 4. The van der Waals surface area contributed by atoms with E-state index in [4.69, 9.17) is 28.9 Å². The minimum absolute atomic E-state index is 0.0675. The molecule has 8 nitrogen and oxygen atoms in total. The van der Waals surface area contributed by atoms with Crippen molar-refractivity contribution in [3.63, 3.8) is 0 Å². The highest BCUT2D eigenvalue weighted by atomic mass is 35.5. The van der Waals surface area contributed by atoms with Crippen LogP contribution in [0.2, 0.25) is 10.0 Å². The van der Waals surface area contributed by atoms with Crippen LogP contribution in [0.25, 0.3) is 16.6 Å². The van der Waals surface area contributed by atoms with Gasteiger partial charge < -0.3 is 16.2 Å². The Bertz CT molecular complexity index is 1170. The molecule has 0 aliphatic heterocycles. The van der Waals surface area contributed by atoms with Crippen molar-refractivity contribution in [3.05, 3.63) is 58.5 Å². The van der Waals surface area contributed by atoms with E-state index in [2.05, 4.69) is 25.4 Å². The van der Waals surface area contributed by atoms with E-state index >= 15 is 0 Å². The smallest absolute Gasteiger partial charge is 0.169 e. The number of aliphatic hydroxyl groups is 1. The maximum absolute atomic E-state index is 14.3. The predicted molar refractivity (Wildman–Crippen MR) is 104 cm³/mol. The Morgan fingerprint density at radius 1 is 1.14 bits per heavy atom. The van der Waals surface area contributed by atoms with Crippen molar-refractivity contribution in [1.82, 2.24) is 24.7 Å². The highest BCUT2D eigenvalue weighted by molar-refractivity contribution is 6.38. The molecule has 1 aromatic carbocycles. The molecule has 0 aliphatic carbocycles. The number of nitrogens with one attached hydrogen (secondary N) is 1. The summed E-state index contributed by atoms with van der Waals surface area (Å²) in [6.07, 6.45) is 3.89. The Hall–Kier alpha value is -3.01. The monoisotopic (exact) mass is 419 g/mol. The normalized spacial score (nSPS) is 11.1. The molecule has 0 atom stereocenters. The fourth-order valence-corrected chi connectivity index (χ4v) is 3.34. The molecule has 4 N–H and O–H groups in total. The molecule has 28 heavy (non-hydrogen) atoms. The average Bonchev–Trinajstić information content (AvgIpc) is 3.09. The first-order chi connectivity index (χ1) is 13.5. The van der Waals surface area contributed by atoms with E-state index in [1.165, 1.54) is 23.1 Å². The minimum atomic E-state index is -0.610. The molecule has 4 aromatic rings. The van der Waals surface area contributed by atoms with Crippen LogP contribution < -0.4 is 11.1 Å². The van der Waals surface area contributed by atoms with E-state index in [0.29, 0.717) is 34.1 Å². The lowest BCUT2D eigenvalue weighted by molar-refractivity contribution is 0.276. The Kier molecular flexibility index (Phi) is 4.71. The van der Waals surface area contributed by atoms with Gasteiger partial charge in [0.15, 0.2) is 5.82 Å². The van der Waals surface area contributed by atoms with Gasteiger partial charge in [-0.2, -0.15) is 5.10 Å². The van der Waals surface area contributed by atoms with Gasteiger partial charge in [-0.25, -0.2) is 24.0 Å². The molecule has 0 radical (unpaired) electrons. The number of aliphatic hydroxyl groups excluding tert-OH is 1. The van der Waals surface area contributed by atoms with Crippen LogP contribution in [0, 0.1) is 5.82 Å². The molecule has 0 unspecified atom stereocenters. The quantitative estimate of drug-likeness (QED) is 0.433. The molecule has 142 valence electrons. The molecule has 11 heteroatoms. The summed E-state index contributed by atoms with van der Waals surface area (Å²) in [7, 11) is 0. The SMILES string of the molecule is Nc1cc(Cl)c(-n2cc3c(Nc4cc(CO)ncn4)ncc(F)c3n2)c(Cl)c1. The van der Waals surface area contributed by atoms with Crippen molar-refractivity contribution >= 4 is 51.4 Å². The molecule has 3 heterocycles. The second-order valence-electron chi connectivity index (χ2n) is 5.80. The number of hydrogen-bond acceptors (Lipinski definition) is 7. The Morgan fingerprint density at radius 2 is 1.89 bits per heavy atom. The molecule has 0 saturated heterocycles. The largest absolute Gasteiger partial charge is 0.399 e. The minimum Gasteiger partial charge on any atom is -0.399 e. The molecule has 0 spiro atoms. The molecule has 4 rings (SSSR count). The van der Waals surface area contributed by atoms with Crippen LogP contribution in [0.15, 0.2) is 36.9 Å². The Balaban J connectivity index is 1.83. The highest BCUT2D eigenvalue weighted by Crippen LogP contribution is 2.33. The maximum atomic E-state index is 14.3. The van der Waals surface area contributed by atoms with Crippen molar-refractivity contribution in [2.24, 2.45) is 0 Å². The zero-order valence-electron chi connectivity index (χ0n) is 14.1. The third-order valence-electron chi connectivity index (χ3n) is 3.90. The first kappa shape index (κ1) is 18.4. The number of benzene rings is 1. The molecular weight excluding hydrogens is 408 g/mol. The summed E-state index contributed by atoms with van der Waals surface area (Å²) in [6.45, 7) is -0.241. The van der Waals surface area contributed by atoms with Crippen LogP contribution in [0.3, 0.4) is 0 Å². The third kappa shape index (κ3) is 3.31. The number of nitrogens with zero attached hydrogens (tertiary/aromatic N) is 5. The van der Waals surface area contributed by atoms with Gasteiger partial charge in [-0.1, -0.05) is 23.2 Å². The second-order valence-corrected chi connectivity index (χ2v) is 6.62. The van der Waals surface area contributed by atoms with Crippen LogP contribution in [-0.2, 0) is 6.61 Å². The summed E-state index contributed by atoms with van der Waals surface area (Å²) in [6, 6.07) is 4.61. The van der Waals surface area contributed by atoms with E-state index in [0.717, 1.165) is 6.20 Å². The molecule has 0 fully saturated rings. The summed E-state index contributed by atoms with van der Waals surface area (Å²) in [4.78, 5) is 12.0. The molecular formula is C17H12Cl2FN7O. The summed E-state index contributed by atoms with van der Waals surface area (Å²) >= 11 is 12.5. The van der Waals surface area contributed by atoms with Gasteiger partial charge in [-0.3, -0.25) is 0 Å². The lowest BCUT2D eigenvalue weighted by Crippen LogP contribution is -2.00. The van der Waals surface area contributed by atoms with Crippen LogP contribution in [0.4, 0.5) is 21.7 Å². The van der Waals surface area contributed by atoms with Crippen molar-refractivity contribution in [2.45, 2.75) is 6.61 Å². The first-order valence-electron chi connectivity index (χ1n) is 7.94. The Labute approximate surface area is 167 Å². The number of nitrogens with two attached hydrogens (primary N) is 1. The van der Waals surface area contributed by atoms with E-state index < -0.39 is 5.82 Å². The summed E-state index contributed by atoms with van der Waals surface area (Å²) in [5, 5.41) is 17.3. The van der Waals surface area contributed by atoms with Crippen LogP contribution in [0.1, 0.15) is 5.69 Å². The topological polar surface area (TPSA) is 115 Å². The number of aromatic nitrogens is 5. The standard InChI is InChI=1S/C17H12Cl2FN7O/c18-11-1-8(21)2-12(19)16(11)27-5-10-15(26-27)13(20)4-22-17(10)25-14-3-9(6-28)23-7-24-14/h1-5,7,28H,6,21H2,(H,22,23,24,25). The predicted octanol–water partition coefficient (Wildman–Crippen LogP) is 3.47. The van der Waals surface area contributed by atoms with Gasteiger partial charge in [0, 0.05) is 18.0 Å². The number of fused-ring (bicyclic) bond motifs is 1. The number of halogens is 3. The van der Waals surface area contributed by atoms with Gasteiger partial charge in [-0.05, 0) is 12.1 Å². The first-order valence-corrected chi connectivity index (χ1v) is 8.69. The molecule has 0 saturated carbocycles. The van der Waals surface area contributed by atoms with Crippen molar-refractivity contribution in [3.8, 4) is 5.69 Å². The van der Waals surface area contributed by atoms with E-state index in [1.54, 1.807) is 12.3 Å². The molecule has 0 amide bonds. The summed E-state index contributed by atoms with van der Waals surface area (Å²) < 4.78 is 15.7. The van der Waals surface area contributed by atoms with Crippen molar-refractivity contribution in [1.29, 1.82) is 0 Å². The van der Waals surface area contributed by atoms with Gasteiger partial charge in [0.1, 0.15) is 29.2 Å². The fraction of sp³-hybridized carbons (Fsp3) is 0.0588. The summed E-state index contributed by atoms with van der Waals surface area (Å²) in [5.41, 5.74) is 6.98.